The standard InChI is InChI=1S/C10H15N3/c1-3-5-13-10(11)9-7-12-6-4-8(9)2/h4,6-7H,3,5H2,1-2H3,(H2,11,13). The Balaban J connectivity index is 2.88. The lowest BCUT2D eigenvalue weighted by atomic mass is 10.1. The molecule has 0 saturated heterocycles. The van der Waals surface area contributed by atoms with E-state index in [-0.39, 0.29) is 0 Å². The van der Waals surface area contributed by atoms with Gasteiger partial charge in [-0.1, -0.05) is 6.92 Å². The molecule has 3 nitrogen and oxygen atoms in total. The molecule has 0 bridgehead atoms. The summed E-state index contributed by atoms with van der Waals surface area (Å²) in [5.74, 6) is 0.590. The van der Waals surface area contributed by atoms with Crippen LogP contribution in [0.2, 0.25) is 0 Å². The summed E-state index contributed by atoms with van der Waals surface area (Å²) in [5.41, 5.74) is 7.85. The summed E-state index contributed by atoms with van der Waals surface area (Å²) < 4.78 is 0. The molecule has 0 radical (unpaired) electrons. The van der Waals surface area contributed by atoms with Gasteiger partial charge in [-0.25, -0.2) is 0 Å². The predicted molar refractivity (Wildman–Crippen MR) is 54.9 cm³/mol. The maximum Gasteiger partial charge on any atom is 0.127 e. The van der Waals surface area contributed by atoms with Crippen molar-refractivity contribution in [2.45, 2.75) is 20.3 Å². The molecule has 2 N–H and O–H groups in total. The first kappa shape index (κ1) is 9.71. The van der Waals surface area contributed by atoms with Gasteiger partial charge in [-0.15, -0.1) is 0 Å². The van der Waals surface area contributed by atoms with Crippen molar-refractivity contribution in [3.63, 3.8) is 0 Å². The molecule has 0 unspecified atom stereocenters. The first-order chi connectivity index (χ1) is 6.25. The highest BCUT2D eigenvalue weighted by molar-refractivity contribution is 5.98. The van der Waals surface area contributed by atoms with E-state index in [1.54, 1.807) is 12.4 Å². The van der Waals surface area contributed by atoms with Crippen LogP contribution < -0.4 is 5.73 Å². The molecule has 0 saturated carbocycles. The third-order valence-corrected chi connectivity index (χ3v) is 1.82. The van der Waals surface area contributed by atoms with Crippen LogP contribution in [0.25, 0.3) is 0 Å². The second kappa shape index (κ2) is 4.60. The van der Waals surface area contributed by atoms with Crippen molar-refractivity contribution >= 4 is 5.84 Å². The average Bonchev–Trinajstić information content (AvgIpc) is 2.15. The zero-order chi connectivity index (χ0) is 9.68. The summed E-state index contributed by atoms with van der Waals surface area (Å²) in [6.45, 7) is 4.86. The molecule has 70 valence electrons. The van der Waals surface area contributed by atoms with Crippen LogP contribution in [0.5, 0.6) is 0 Å². The van der Waals surface area contributed by atoms with Crippen LogP contribution in [-0.4, -0.2) is 17.4 Å². The summed E-state index contributed by atoms with van der Waals surface area (Å²) in [6.07, 6.45) is 4.52. The second-order valence-corrected chi connectivity index (χ2v) is 2.96. The van der Waals surface area contributed by atoms with Crippen molar-refractivity contribution in [3.8, 4) is 0 Å². The zero-order valence-electron chi connectivity index (χ0n) is 8.12. The Morgan fingerprint density at radius 3 is 3.00 bits per heavy atom. The van der Waals surface area contributed by atoms with Crippen molar-refractivity contribution in [1.29, 1.82) is 0 Å². The van der Waals surface area contributed by atoms with Gasteiger partial charge in [-0.05, 0) is 25.0 Å². The van der Waals surface area contributed by atoms with Crippen molar-refractivity contribution in [2.24, 2.45) is 10.7 Å². The summed E-state index contributed by atoms with van der Waals surface area (Å²) >= 11 is 0. The topological polar surface area (TPSA) is 51.3 Å². The number of hydrogen-bond donors (Lipinski definition) is 1. The number of rotatable bonds is 3. The summed E-state index contributed by atoms with van der Waals surface area (Å²) in [4.78, 5) is 8.24. The Hall–Kier alpha value is -1.38. The number of aromatic nitrogens is 1. The molecule has 13 heavy (non-hydrogen) atoms. The van der Waals surface area contributed by atoms with E-state index in [1.165, 1.54) is 0 Å². The minimum Gasteiger partial charge on any atom is -0.383 e. The fraction of sp³-hybridized carbons (Fsp3) is 0.400. The van der Waals surface area contributed by atoms with Gasteiger partial charge in [0.2, 0.25) is 0 Å². The number of hydrogen-bond acceptors (Lipinski definition) is 2. The number of amidine groups is 1. The molecule has 1 rings (SSSR count). The molecule has 0 aliphatic carbocycles. The van der Waals surface area contributed by atoms with Gasteiger partial charge in [0.05, 0.1) is 0 Å². The van der Waals surface area contributed by atoms with Crippen molar-refractivity contribution in [3.05, 3.63) is 29.6 Å². The Morgan fingerprint density at radius 2 is 2.38 bits per heavy atom. The van der Waals surface area contributed by atoms with E-state index in [4.69, 9.17) is 5.73 Å². The van der Waals surface area contributed by atoms with E-state index in [0.717, 1.165) is 24.1 Å². The van der Waals surface area contributed by atoms with Crippen LogP contribution in [0.1, 0.15) is 24.5 Å². The van der Waals surface area contributed by atoms with Gasteiger partial charge in [-0.2, -0.15) is 0 Å². The smallest absolute Gasteiger partial charge is 0.127 e. The van der Waals surface area contributed by atoms with Crippen LogP contribution in [0, 0.1) is 6.92 Å². The minimum absolute atomic E-state index is 0.590. The molecule has 1 aromatic heterocycles. The molecule has 0 aromatic carbocycles. The van der Waals surface area contributed by atoms with E-state index in [0.29, 0.717) is 5.84 Å². The Labute approximate surface area is 78.7 Å². The monoisotopic (exact) mass is 177 g/mol. The van der Waals surface area contributed by atoms with Gasteiger partial charge in [-0.3, -0.25) is 9.98 Å². The normalized spacial score (nSPS) is 11.7. The lowest BCUT2D eigenvalue weighted by molar-refractivity contribution is 0.930. The molecule has 1 aromatic rings. The lowest BCUT2D eigenvalue weighted by Gasteiger charge is -2.03. The minimum atomic E-state index is 0.590. The molecule has 1 heterocycles. The number of aryl methyl sites for hydroxylation is 1. The largest absolute Gasteiger partial charge is 0.383 e. The number of pyridine rings is 1. The average molecular weight is 177 g/mol. The first-order valence-corrected chi connectivity index (χ1v) is 4.46. The summed E-state index contributed by atoms with van der Waals surface area (Å²) in [6, 6.07) is 1.93. The SMILES string of the molecule is CCCN=C(N)c1cnccc1C. The van der Waals surface area contributed by atoms with E-state index < -0.39 is 0 Å². The van der Waals surface area contributed by atoms with Crippen LogP contribution in [0.15, 0.2) is 23.5 Å². The van der Waals surface area contributed by atoms with Crippen LogP contribution in [-0.2, 0) is 0 Å². The molecular weight excluding hydrogens is 162 g/mol. The number of nitrogens with zero attached hydrogens (tertiary/aromatic N) is 2. The van der Waals surface area contributed by atoms with Crippen molar-refractivity contribution in [1.82, 2.24) is 4.98 Å². The van der Waals surface area contributed by atoms with E-state index >= 15 is 0 Å². The molecule has 0 spiro atoms. The molecule has 3 heteroatoms. The third kappa shape index (κ3) is 2.54. The second-order valence-electron chi connectivity index (χ2n) is 2.96. The first-order valence-electron chi connectivity index (χ1n) is 4.46. The molecular formula is C10H15N3. The van der Waals surface area contributed by atoms with Gasteiger partial charge in [0.15, 0.2) is 0 Å². The summed E-state index contributed by atoms with van der Waals surface area (Å²) in [7, 11) is 0. The number of nitrogens with two attached hydrogens (primary N) is 1. The Morgan fingerprint density at radius 1 is 1.62 bits per heavy atom. The predicted octanol–water partition coefficient (Wildman–Crippen LogP) is 1.51. The summed E-state index contributed by atoms with van der Waals surface area (Å²) in [5, 5.41) is 0. The highest BCUT2D eigenvalue weighted by Crippen LogP contribution is 2.04. The molecule has 0 amide bonds. The maximum atomic E-state index is 5.79. The van der Waals surface area contributed by atoms with E-state index in [1.807, 2.05) is 13.0 Å². The van der Waals surface area contributed by atoms with Crippen molar-refractivity contribution in [2.75, 3.05) is 6.54 Å². The van der Waals surface area contributed by atoms with Crippen LogP contribution >= 0.6 is 0 Å². The van der Waals surface area contributed by atoms with Gasteiger partial charge in [0, 0.05) is 24.5 Å². The molecule has 0 aliphatic heterocycles. The fourth-order valence-corrected chi connectivity index (χ4v) is 1.05. The maximum absolute atomic E-state index is 5.79. The van der Waals surface area contributed by atoms with Gasteiger partial charge < -0.3 is 5.73 Å². The van der Waals surface area contributed by atoms with Crippen LogP contribution in [0.4, 0.5) is 0 Å². The highest BCUT2D eigenvalue weighted by atomic mass is 14.9. The van der Waals surface area contributed by atoms with Gasteiger partial charge >= 0.3 is 0 Å². The Kier molecular flexibility index (Phi) is 3.43. The highest BCUT2D eigenvalue weighted by Gasteiger charge is 2.00. The molecule has 0 atom stereocenters. The zero-order valence-corrected chi connectivity index (χ0v) is 8.12. The third-order valence-electron chi connectivity index (χ3n) is 1.82. The van der Waals surface area contributed by atoms with Gasteiger partial charge in [0.25, 0.3) is 0 Å². The van der Waals surface area contributed by atoms with E-state index in [9.17, 15) is 0 Å². The Bertz CT molecular complexity index is 305. The van der Waals surface area contributed by atoms with Crippen LogP contribution in [0.3, 0.4) is 0 Å². The fourth-order valence-electron chi connectivity index (χ4n) is 1.05. The van der Waals surface area contributed by atoms with Gasteiger partial charge in [0.1, 0.15) is 5.84 Å². The number of aliphatic imine (C=N–C) groups is 1. The molecule has 0 aliphatic rings. The van der Waals surface area contributed by atoms with E-state index in [2.05, 4.69) is 16.9 Å². The molecule has 0 fully saturated rings. The lowest BCUT2D eigenvalue weighted by Crippen LogP contribution is -2.15. The van der Waals surface area contributed by atoms with Crippen molar-refractivity contribution < 1.29 is 0 Å². The quantitative estimate of drug-likeness (QED) is 0.562.